The molecule has 0 radical (unpaired) electrons. The molecule has 0 fully saturated rings. The topological polar surface area (TPSA) is 25.2 Å². The third kappa shape index (κ3) is 2.38. The first-order chi connectivity index (χ1) is 11.5. The Morgan fingerprint density at radius 2 is 2.04 bits per heavy atom. The molecule has 0 spiro atoms. The average molecular weight is 343 g/mol. The molecule has 2 aromatic carbocycles. The minimum atomic E-state index is -0.455. The highest BCUT2D eigenvalue weighted by Gasteiger charge is 2.24. The van der Waals surface area contributed by atoms with Crippen molar-refractivity contribution in [2.24, 2.45) is 7.05 Å². The van der Waals surface area contributed by atoms with Crippen molar-refractivity contribution in [3.05, 3.63) is 70.1 Å². The third-order valence-corrected chi connectivity index (χ3v) is 4.97. The Morgan fingerprint density at radius 1 is 1.21 bits per heavy atom. The summed E-state index contributed by atoms with van der Waals surface area (Å²) in [7, 11) is 2.03. The number of rotatable bonds is 1. The van der Waals surface area contributed by atoms with E-state index in [4.69, 9.17) is 11.6 Å². The quantitative estimate of drug-likeness (QED) is 0.651. The molecule has 0 saturated heterocycles. The van der Waals surface area contributed by atoms with Crippen LogP contribution in [0.1, 0.15) is 21.5 Å². The van der Waals surface area contributed by atoms with Gasteiger partial charge in [-0.15, -0.1) is 0 Å². The lowest BCUT2D eigenvalue weighted by Crippen LogP contribution is -2.31. The van der Waals surface area contributed by atoms with Crippen LogP contribution in [0.25, 0.3) is 10.9 Å². The molecule has 0 saturated carbocycles. The van der Waals surface area contributed by atoms with E-state index in [1.54, 1.807) is 4.90 Å². The van der Waals surface area contributed by atoms with Gasteiger partial charge in [0.15, 0.2) is 0 Å². The van der Waals surface area contributed by atoms with Gasteiger partial charge in [0.2, 0.25) is 0 Å². The number of aromatic nitrogens is 1. The zero-order valence-corrected chi connectivity index (χ0v) is 14.0. The maximum atomic E-state index is 13.5. The molecule has 1 amide bonds. The molecule has 0 unspecified atom stereocenters. The van der Waals surface area contributed by atoms with Crippen molar-refractivity contribution in [3.63, 3.8) is 0 Å². The third-order valence-electron chi connectivity index (χ3n) is 4.64. The van der Waals surface area contributed by atoms with Gasteiger partial charge in [0.25, 0.3) is 5.91 Å². The number of halogens is 2. The van der Waals surface area contributed by atoms with Gasteiger partial charge in [-0.3, -0.25) is 4.79 Å². The Balaban J connectivity index is 1.74. The van der Waals surface area contributed by atoms with E-state index >= 15 is 0 Å². The number of benzene rings is 2. The maximum absolute atomic E-state index is 13.5. The van der Waals surface area contributed by atoms with Gasteiger partial charge in [-0.1, -0.05) is 23.7 Å². The van der Waals surface area contributed by atoms with E-state index < -0.39 is 5.82 Å². The van der Waals surface area contributed by atoms with Crippen LogP contribution >= 0.6 is 11.6 Å². The highest BCUT2D eigenvalue weighted by molar-refractivity contribution is 6.33. The molecule has 0 aliphatic carbocycles. The second-order valence-corrected chi connectivity index (χ2v) is 6.58. The van der Waals surface area contributed by atoms with Crippen molar-refractivity contribution in [1.82, 2.24) is 9.47 Å². The molecule has 1 aliphatic rings. The average Bonchev–Trinajstić information content (AvgIpc) is 2.78. The number of carbonyl (C=O) groups is 1. The Morgan fingerprint density at radius 3 is 2.88 bits per heavy atom. The van der Waals surface area contributed by atoms with Gasteiger partial charge in [0, 0.05) is 37.2 Å². The van der Waals surface area contributed by atoms with E-state index in [-0.39, 0.29) is 16.5 Å². The molecule has 1 aliphatic heterocycles. The van der Waals surface area contributed by atoms with Gasteiger partial charge >= 0.3 is 0 Å². The fourth-order valence-corrected chi connectivity index (χ4v) is 3.68. The largest absolute Gasteiger partial charge is 0.350 e. The van der Waals surface area contributed by atoms with Crippen LogP contribution in [0.4, 0.5) is 4.39 Å². The molecular formula is C19H16ClFN2O. The van der Waals surface area contributed by atoms with Gasteiger partial charge in [0.1, 0.15) is 5.82 Å². The van der Waals surface area contributed by atoms with Crippen molar-refractivity contribution in [1.29, 1.82) is 0 Å². The van der Waals surface area contributed by atoms with Crippen molar-refractivity contribution in [2.45, 2.75) is 13.0 Å². The summed E-state index contributed by atoms with van der Waals surface area (Å²) in [5.74, 6) is -0.686. The van der Waals surface area contributed by atoms with Crippen LogP contribution in [0, 0.1) is 5.82 Å². The minimum absolute atomic E-state index is 0.218. The second-order valence-electron chi connectivity index (χ2n) is 6.18. The number of carbonyl (C=O) groups excluding carboxylic acids is 1. The summed E-state index contributed by atoms with van der Waals surface area (Å²) in [5.41, 5.74) is 3.74. The molecule has 5 heteroatoms. The second kappa shape index (κ2) is 5.64. The fraction of sp³-hybridized carbons (Fsp3) is 0.211. The smallest absolute Gasteiger partial charge is 0.255 e. The predicted octanol–water partition coefficient (Wildman–Crippen LogP) is 4.17. The maximum Gasteiger partial charge on any atom is 0.255 e. The van der Waals surface area contributed by atoms with Crippen molar-refractivity contribution < 1.29 is 9.18 Å². The summed E-state index contributed by atoms with van der Waals surface area (Å²) >= 11 is 6.10. The molecule has 0 atom stereocenters. The fourth-order valence-electron chi connectivity index (χ4n) is 3.49. The highest BCUT2D eigenvalue weighted by Crippen LogP contribution is 2.30. The summed E-state index contributed by atoms with van der Waals surface area (Å²) in [6.07, 6.45) is 2.89. The Bertz CT molecular complexity index is 963. The zero-order valence-electron chi connectivity index (χ0n) is 13.2. The zero-order chi connectivity index (χ0) is 16.8. The van der Waals surface area contributed by atoms with Crippen LogP contribution < -0.4 is 0 Å². The first kappa shape index (κ1) is 15.2. The monoisotopic (exact) mass is 342 g/mol. The normalized spacial score (nSPS) is 14.0. The van der Waals surface area contributed by atoms with E-state index in [2.05, 4.69) is 16.8 Å². The minimum Gasteiger partial charge on any atom is -0.350 e. The predicted molar refractivity (Wildman–Crippen MR) is 92.8 cm³/mol. The lowest BCUT2D eigenvalue weighted by molar-refractivity contribution is 0.0747. The number of amides is 1. The molecule has 0 N–H and O–H groups in total. The number of hydrogen-bond acceptors (Lipinski definition) is 1. The molecule has 2 heterocycles. The number of hydrogen-bond donors (Lipinski definition) is 0. The lowest BCUT2D eigenvalue weighted by Gasteiger charge is -2.22. The van der Waals surface area contributed by atoms with Gasteiger partial charge in [-0.05, 0) is 41.8 Å². The molecule has 3 nitrogen and oxygen atoms in total. The Kier molecular flexibility index (Phi) is 3.57. The molecule has 3 aromatic rings. The first-order valence-corrected chi connectivity index (χ1v) is 8.22. The molecular weight excluding hydrogens is 327 g/mol. The van der Waals surface area contributed by atoms with Crippen molar-refractivity contribution >= 4 is 28.4 Å². The standard InChI is InChI=1S/C19H16ClFN2O/c1-22-10-13-7-8-23(11-12-3-2-4-17(22)18(12)13)19(24)15-9-14(21)5-6-16(15)20/h2-6,9-10H,7-8,11H2,1H3. The molecule has 122 valence electrons. The van der Waals surface area contributed by atoms with E-state index in [0.717, 1.165) is 12.0 Å². The van der Waals surface area contributed by atoms with Crippen LogP contribution in [0.2, 0.25) is 5.02 Å². The Labute approximate surface area is 144 Å². The lowest BCUT2D eigenvalue weighted by atomic mass is 10.1. The van der Waals surface area contributed by atoms with Gasteiger partial charge in [-0.25, -0.2) is 4.39 Å². The summed E-state index contributed by atoms with van der Waals surface area (Å²) < 4.78 is 15.6. The van der Waals surface area contributed by atoms with Crippen LogP contribution in [0.15, 0.2) is 42.6 Å². The molecule has 1 aromatic heterocycles. The summed E-state index contributed by atoms with van der Waals surface area (Å²) in [4.78, 5) is 14.6. The number of aryl methyl sites for hydroxylation is 1. The van der Waals surface area contributed by atoms with Crippen molar-refractivity contribution in [2.75, 3.05) is 6.54 Å². The SMILES string of the molecule is Cn1cc2c3c(cccc31)CN(C(=O)c1cc(F)ccc1Cl)CC2. The van der Waals surface area contributed by atoms with Crippen LogP contribution in [-0.4, -0.2) is 21.9 Å². The van der Waals surface area contributed by atoms with Gasteiger partial charge in [-0.2, -0.15) is 0 Å². The van der Waals surface area contributed by atoms with E-state index in [1.807, 2.05) is 19.2 Å². The summed E-state index contributed by atoms with van der Waals surface area (Å²) in [5, 5.41) is 1.50. The summed E-state index contributed by atoms with van der Waals surface area (Å²) in [6.45, 7) is 1.08. The van der Waals surface area contributed by atoms with Crippen LogP contribution in [0.5, 0.6) is 0 Å². The van der Waals surface area contributed by atoms with E-state index in [9.17, 15) is 9.18 Å². The van der Waals surface area contributed by atoms with Crippen LogP contribution in [0.3, 0.4) is 0 Å². The first-order valence-electron chi connectivity index (χ1n) is 7.85. The van der Waals surface area contributed by atoms with Crippen molar-refractivity contribution in [3.8, 4) is 0 Å². The number of nitrogens with zero attached hydrogens (tertiary/aromatic N) is 2. The van der Waals surface area contributed by atoms with Gasteiger partial charge in [0.05, 0.1) is 10.6 Å². The highest BCUT2D eigenvalue weighted by atomic mass is 35.5. The van der Waals surface area contributed by atoms with E-state index in [1.165, 1.54) is 34.7 Å². The summed E-state index contributed by atoms with van der Waals surface area (Å²) in [6, 6.07) is 10.0. The molecule has 0 bridgehead atoms. The van der Waals surface area contributed by atoms with Crippen LogP contribution in [-0.2, 0) is 20.0 Å². The molecule has 4 rings (SSSR count). The molecule has 24 heavy (non-hydrogen) atoms. The Hall–Kier alpha value is -2.33. The van der Waals surface area contributed by atoms with Gasteiger partial charge < -0.3 is 9.47 Å². The van der Waals surface area contributed by atoms with E-state index in [0.29, 0.717) is 13.1 Å².